The fourth-order valence-electron chi connectivity index (χ4n) is 2.68. The van der Waals surface area contributed by atoms with E-state index in [1.54, 1.807) is 11.8 Å². The molecule has 3 rings (SSSR count). The maximum Gasteiger partial charge on any atom is 0.223 e. The molecule has 1 atom stereocenters. The summed E-state index contributed by atoms with van der Waals surface area (Å²) in [7, 11) is 0. The number of fused-ring (bicyclic) bond motifs is 1. The molecule has 0 radical (unpaired) electrons. The molecule has 1 N–H and O–H groups in total. The lowest BCUT2D eigenvalue weighted by Crippen LogP contribution is -2.32. The Kier molecular flexibility index (Phi) is 5.33. The van der Waals surface area contributed by atoms with Crippen LogP contribution < -0.4 is 5.32 Å². The molecule has 0 spiro atoms. The van der Waals surface area contributed by atoms with E-state index in [9.17, 15) is 4.79 Å². The lowest BCUT2D eigenvalue weighted by Gasteiger charge is -2.12. The second kappa shape index (κ2) is 7.64. The van der Waals surface area contributed by atoms with Crippen LogP contribution in [0.2, 0.25) is 0 Å². The summed E-state index contributed by atoms with van der Waals surface area (Å²) in [5.41, 5.74) is 0. The van der Waals surface area contributed by atoms with Crippen LogP contribution in [0.4, 0.5) is 0 Å². The number of aryl methyl sites for hydroxylation is 1. The molecule has 1 aromatic heterocycles. The van der Waals surface area contributed by atoms with Crippen LogP contribution in [0.1, 0.15) is 25.0 Å². The van der Waals surface area contributed by atoms with Gasteiger partial charge in [-0.05, 0) is 18.6 Å². The second-order valence-corrected chi connectivity index (χ2v) is 6.95. The standard InChI is InChI=1S/C17H22N4OS/c1-13(12-23-14-6-3-2-4-7-14)17(22)18-10-9-16-20-19-15-8-5-11-21(15)16/h2-4,6-7,13H,5,8-12H2,1H3,(H,18,22)/t13-/m1/s1. The largest absolute Gasteiger partial charge is 0.355 e. The van der Waals surface area contributed by atoms with Crippen LogP contribution >= 0.6 is 11.8 Å². The Balaban J connectivity index is 1.40. The minimum absolute atomic E-state index is 0.00989. The number of thioether (sulfide) groups is 1. The third-order valence-electron chi connectivity index (χ3n) is 4.02. The van der Waals surface area contributed by atoms with Crippen molar-refractivity contribution >= 4 is 17.7 Å². The van der Waals surface area contributed by atoms with Gasteiger partial charge in [0.15, 0.2) is 0 Å². The Morgan fingerprint density at radius 1 is 1.35 bits per heavy atom. The Bertz CT molecular complexity index is 656. The number of nitrogens with one attached hydrogen (secondary N) is 1. The Morgan fingerprint density at radius 2 is 2.17 bits per heavy atom. The van der Waals surface area contributed by atoms with E-state index in [0.29, 0.717) is 6.54 Å². The molecule has 5 nitrogen and oxygen atoms in total. The van der Waals surface area contributed by atoms with Crippen LogP contribution in [0, 0.1) is 5.92 Å². The van der Waals surface area contributed by atoms with Crippen LogP contribution in [0.15, 0.2) is 35.2 Å². The van der Waals surface area contributed by atoms with Gasteiger partial charge >= 0.3 is 0 Å². The molecule has 23 heavy (non-hydrogen) atoms. The molecule has 0 aliphatic carbocycles. The summed E-state index contributed by atoms with van der Waals surface area (Å²) in [5, 5.41) is 11.4. The Hall–Kier alpha value is -1.82. The van der Waals surface area contributed by atoms with Gasteiger partial charge in [-0.1, -0.05) is 25.1 Å². The van der Waals surface area contributed by atoms with Crippen molar-refractivity contribution in [2.24, 2.45) is 5.92 Å². The first kappa shape index (κ1) is 16.1. The number of nitrogens with zero attached hydrogens (tertiary/aromatic N) is 3. The highest BCUT2D eigenvalue weighted by Gasteiger charge is 2.17. The van der Waals surface area contributed by atoms with Crippen molar-refractivity contribution in [3.63, 3.8) is 0 Å². The summed E-state index contributed by atoms with van der Waals surface area (Å²) in [4.78, 5) is 13.4. The van der Waals surface area contributed by atoms with Gasteiger partial charge in [0, 0.05) is 42.5 Å². The summed E-state index contributed by atoms with van der Waals surface area (Å²) >= 11 is 1.72. The summed E-state index contributed by atoms with van der Waals surface area (Å²) in [6.45, 7) is 3.60. The van der Waals surface area contributed by atoms with Crippen LogP contribution in [0.3, 0.4) is 0 Å². The molecule has 1 aliphatic heterocycles. The number of hydrogen-bond acceptors (Lipinski definition) is 4. The summed E-state index contributed by atoms with van der Waals surface area (Å²) in [5.74, 6) is 2.96. The lowest BCUT2D eigenvalue weighted by molar-refractivity contribution is -0.123. The van der Waals surface area contributed by atoms with Gasteiger partial charge in [-0.25, -0.2) is 0 Å². The normalized spacial score (nSPS) is 14.5. The van der Waals surface area contributed by atoms with E-state index >= 15 is 0 Å². The molecule has 6 heteroatoms. The quantitative estimate of drug-likeness (QED) is 0.792. The van der Waals surface area contributed by atoms with Crippen molar-refractivity contribution in [2.45, 2.75) is 37.6 Å². The van der Waals surface area contributed by atoms with Crippen LogP contribution in [0.25, 0.3) is 0 Å². The predicted molar refractivity (Wildman–Crippen MR) is 91.4 cm³/mol. The number of amides is 1. The lowest BCUT2D eigenvalue weighted by atomic mass is 10.2. The Morgan fingerprint density at radius 3 is 3.00 bits per heavy atom. The van der Waals surface area contributed by atoms with Gasteiger partial charge in [-0.2, -0.15) is 0 Å². The molecule has 0 saturated heterocycles. The second-order valence-electron chi connectivity index (χ2n) is 5.85. The maximum absolute atomic E-state index is 12.2. The number of benzene rings is 1. The van der Waals surface area contributed by atoms with E-state index in [1.807, 2.05) is 25.1 Å². The molecular weight excluding hydrogens is 308 g/mol. The summed E-state index contributed by atoms with van der Waals surface area (Å²) in [6, 6.07) is 10.2. The molecule has 0 unspecified atom stereocenters. The summed E-state index contributed by atoms with van der Waals surface area (Å²) < 4.78 is 2.18. The molecule has 2 aromatic rings. The van der Waals surface area contributed by atoms with Crippen molar-refractivity contribution in [3.8, 4) is 0 Å². The first-order valence-electron chi connectivity index (χ1n) is 8.10. The molecule has 1 aliphatic rings. The van der Waals surface area contributed by atoms with Crippen molar-refractivity contribution < 1.29 is 4.79 Å². The minimum Gasteiger partial charge on any atom is -0.355 e. The third-order valence-corrected chi connectivity index (χ3v) is 5.30. The van der Waals surface area contributed by atoms with Gasteiger partial charge in [0.2, 0.25) is 5.91 Å². The minimum atomic E-state index is -0.00989. The average molecular weight is 330 g/mol. The van der Waals surface area contributed by atoms with Gasteiger partial charge < -0.3 is 9.88 Å². The zero-order chi connectivity index (χ0) is 16.1. The van der Waals surface area contributed by atoms with Crippen molar-refractivity contribution in [2.75, 3.05) is 12.3 Å². The highest BCUT2D eigenvalue weighted by molar-refractivity contribution is 7.99. The van der Waals surface area contributed by atoms with E-state index in [1.165, 1.54) is 4.90 Å². The van der Waals surface area contributed by atoms with E-state index in [4.69, 9.17) is 0 Å². The van der Waals surface area contributed by atoms with Gasteiger partial charge in [-0.15, -0.1) is 22.0 Å². The molecular formula is C17H22N4OS. The Labute approximate surface area is 140 Å². The zero-order valence-corrected chi connectivity index (χ0v) is 14.2. The maximum atomic E-state index is 12.2. The molecule has 1 amide bonds. The van der Waals surface area contributed by atoms with Crippen LogP contribution in [0.5, 0.6) is 0 Å². The fourth-order valence-corrected chi connectivity index (χ4v) is 3.62. The van der Waals surface area contributed by atoms with E-state index in [2.05, 4.69) is 32.2 Å². The van der Waals surface area contributed by atoms with Gasteiger partial charge in [-0.3, -0.25) is 4.79 Å². The molecule has 0 saturated carbocycles. The average Bonchev–Trinajstić information content (AvgIpc) is 3.18. The number of aromatic nitrogens is 3. The van der Waals surface area contributed by atoms with Crippen molar-refractivity contribution in [3.05, 3.63) is 42.0 Å². The zero-order valence-electron chi connectivity index (χ0n) is 13.4. The number of carbonyl (C=O) groups excluding carboxylic acids is 1. The van der Waals surface area contributed by atoms with E-state index < -0.39 is 0 Å². The highest BCUT2D eigenvalue weighted by Crippen LogP contribution is 2.20. The smallest absolute Gasteiger partial charge is 0.223 e. The van der Waals surface area contributed by atoms with E-state index in [-0.39, 0.29) is 11.8 Å². The predicted octanol–water partition coefficient (Wildman–Crippen LogP) is 2.31. The monoisotopic (exact) mass is 330 g/mol. The fraction of sp³-hybridized carbons (Fsp3) is 0.471. The molecule has 122 valence electrons. The first-order valence-corrected chi connectivity index (χ1v) is 9.09. The molecule has 2 heterocycles. The van der Waals surface area contributed by atoms with Crippen molar-refractivity contribution in [1.82, 2.24) is 20.1 Å². The van der Waals surface area contributed by atoms with Crippen molar-refractivity contribution in [1.29, 1.82) is 0 Å². The SMILES string of the molecule is C[C@H](CSc1ccccc1)C(=O)NCCc1nnc2n1CCC2. The van der Waals surface area contributed by atoms with Crippen LogP contribution in [-0.4, -0.2) is 33.0 Å². The number of carbonyl (C=O) groups is 1. The van der Waals surface area contributed by atoms with E-state index in [0.717, 1.165) is 43.2 Å². The third kappa shape index (κ3) is 4.13. The van der Waals surface area contributed by atoms with Gasteiger partial charge in [0.05, 0.1) is 0 Å². The van der Waals surface area contributed by atoms with Gasteiger partial charge in [0.25, 0.3) is 0 Å². The molecule has 0 bridgehead atoms. The number of rotatable bonds is 7. The molecule has 0 fully saturated rings. The first-order chi connectivity index (χ1) is 11.2. The number of hydrogen-bond donors (Lipinski definition) is 1. The molecule has 1 aromatic carbocycles. The summed E-state index contributed by atoms with van der Waals surface area (Å²) in [6.07, 6.45) is 2.92. The highest BCUT2D eigenvalue weighted by atomic mass is 32.2. The van der Waals surface area contributed by atoms with Crippen LogP contribution in [-0.2, 0) is 24.2 Å². The topological polar surface area (TPSA) is 59.8 Å². The van der Waals surface area contributed by atoms with Gasteiger partial charge in [0.1, 0.15) is 11.6 Å².